The second kappa shape index (κ2) is 4.64. The minimum Gasteiger partial charge on any atom is -0.481 e. The number of likely N-dealkylation sites (tertiary alicyclic amines) is 1. The molecule has 0 aromatic rings. The topological polar surface area (TPSA) is 69.6 Å². The Bertz CT molecular complexity index is 435. The lowest BCUT2D eigenvalue weighted by Gasteiger charge is -2.31. The molecule has 4 unspecified atom stereocenters. The number of amides is 2. The fourth-order valence-corrected chi connectivity index (χ4v) is 4.37. The fourth-order valence-electron chi connectivity index (χ4n) is 4.37. The summed E-state index contributed by atoms with van der Waals surface area (Å²) in [6.45, 7) is 5.87. The molecule has 2 saturated carbocycles. The molecular formula is C15H24N2O3. The Kier molecular flexibility index (Phi) is 3.18. The van der Waals surface area contributed by atoms with Crippen LogP contribution in [0.2, 0.25) is 0 Å². The first-order valence-corrected chi connectivity index (χ1v) is 7.66. The number of nitrogens with one attached hydrogen (secondary N) is 1. The minimum atomic E-state index is -0.746. The Balaban J connectivity index is 1.65. The molecule has 1 aliphatic heterocycles. The number of rotatable bonds is 2. The van der Waals surface area contributed by atoms with Crippen molar-refractivity contribution in [2.75, 3.05) is 13.1 Å². The maximum absolute atomic E-state index is 12.4. The number of carbonyl (C=O) groups excluding carboxylic acids is 1. The lowest BCUT2D eigenvalue weighted by molar-refractivity contribution is -0.144. The molecule has 0 aromatic heterocycles. The van der Waals surface area contributed by atoms with E-state index in [0.29, 0.717) is 5.92 Å². The van der Waals surface area contributed by atoms with E-state index >= 15 is 0 Å². The minimum absolute atomic E-state index is 0.0700. The fraction of sp³-hybridized carbons (Fsp3) is 0.867. The van der Waals surface area contributed by atoms with Gasteiger partial charge in [-0.3, -0.25) is 4.79 Å². The van der Waals surface area contributed by atoms with Gasteiger partial charge in [-0.2, -0.15) is 0 Å². The van der Waals surface area contributed by atoms with Crippen molar-refractivity contribution in [3.05, 3.63) is 0 Å². The average Bonchev–Trinajstić information content (AvgIpc) is 3.02. The standard InChI is InChI=1S/C15H24N2O3/c1-15(2)5-6-17(8-15)14(20)16-12-10-4-3-9(7-10)11(12)13(18)19/h9-12H,3-8H2,1-2H3,(H,16,20)(H,18,19). The van der Waals surface area contributed by atoms with Gasteiger partial charge in [-0.05, 0) is 42.9 Å². The van der Waals surface area contributed by atoms with E-state index in [4.69, 9.17) is 0 Å². The number of hydrogen-bond donors (Lipinski definition) is 2. The highest BCUT2D eigenvalue weighted by Crippen LogP contribution is 2.48. The van der Waals surface area contributed by atoms with Gasteiger partial charge in [0, 0.05) is 19.1 Å². The molecule has 4 atom stereocenters. The number of aliphatic carboxylic acids is 1. The monoisotopic (exact) mass is 280 g/mol. The van der Waals surface area contributed by atoms with Crippen LogP contribution in [0, 0.1) is 23.2 Å². The Morgan fingerprint density at radius 3 is 2.55 bits per heavy atom. The second-order valence-electron chi connectivity index (χ2n) is 7.51. The van der Waals surface area contributed by atoms with Gasteiger partial charge in [0.15, 0.2) is 0 Å². The summed E-state index contributed by atoms with van der Waals surface area (Å²) < 4.78 is 0. The second-order valence-corrected chi connectivity index (χ2v) is 7.51. The molecular weight excluding hydrogens is 256 g/mol. The maximum Gasteiger partial charge on any atom is 0.317 e. The van der Waals surface area contributed by atoms with Gasteiger partial charge in [-0.1, -0.05) is 13.8 Å². The SMILES string of the molecule is CC1(C)CCN(C(=O)NC2C3CCC(C3)C2C(=O)O)C1. The van der Waals surface area contributed by atoms with E-state index in [0.717, 1.165) is 38.8 Å². The molecule has 3 rings (SSSR count). The highest BCUT2D eigenvalue weighted by molar-refractivity contribution is 5.78. The van der Waals surface area contributed by atoms with Crippen LogP contribution in [0.4, 0.5) is 4.79 Å². The van der Waals surface area contributed by atoms with Crippen LogP contribution in [-0.4, -0.2) is 41.1 Å². The molecule has 0 aromatic carbocycles. The first-order valence-electron chi connectivity index (χ1n) is 7.66. The van der Waals surface area contributed by atoms with Gasteiger partial charge in [0.1, 0.15) is 0 Å². The molecule has 20 heavy (non-hydrogen) atoms. The highest BCUT2D eigenvalue weighted by atomic mass is 16.4. The van der Waals surface area contributed by atoms with Crippen LogP contribution in [-0.2, 0) is 4.79 Å². The first-order chi connectivity index (χ1) is 9.37. The predicted octanol–water partition coefficient (Wildman–Crippen LogP) is 1.93. The highest BCUT2D eigenvalue weighted by Gasteiger charge is 2.52. The number of hydrogen-bond acceptors (Lipinski definition) is 2. The van der Waals surface area contributed by atoms with E-state index in [1.54, 1.807) is 0 Å². The van der Waals surface area contributed by atoms with E-state index in [-0.39, 0.29) is 29.3 Å². The van der Waals surface area contributed by atoms with Crippen LogP contribution in [0.5, 0.6) is 0 Å². The van der Waals surface area contributed by atoms with E-state index in [1.165, 1.54) is 0 Å². The molecule has 112 valence electrons. The molecule has 3 aliphatic rings. The first kappa shape index (κ1) is 13.7. The van der Waals surface area contributed by atoms with Crippen molar-refractivity contribution in [3.63, 3.8) is 0 Å². The Morgan fingerprint density at radius 1 is 1.25 bits per heavy atom. The molecule has 5 nitrogen and oxygen atoms in total. The van der Waals surface area contributed by atoms with Crippen molar-refractivity contribution in [3.8, 4) is 0 Å². The number of urea groups is 1. The van der Waals surface area contributed by atoms with E-state index < -0.39 is 5.97 Å². The lowest BCUT2D eigenvalue weighted by Crippen LogP contribution is -2.51. The van der Waals surface area contributed by atoms with Crippen LogP contribution in [0.3, 0.4) is 0 Å². The number of carbonyl (C=O) groups is 2. The van der Waals surface area contributed by atoms with E-state index in [1.807, 2.05) is 4.90 Å². The molecule has 1 heterocycles. The van der Waals surface area contributed by atoms with Gasteiger partial charge >= 0.3 is 12.0 Å². The van der Waals surface area contributed by atoms with Crippen molar-refractivity contribution >= 4 is 12.0 Å². The molecule has 0 radical (unpaired) electrons. The summed E-state index contributed by atoms with van der Waals surface area (Å²) in [7, 11) is 0. The van der Waals surface area contributed by atoms with Crippen molar-refractivity contribution in [1.29, 1.82) is 0 Å². The molecule has 2 bridgehead atoms. The molecule has 2 aliphatic carbocycles. The van der Waals surface area contributed by atoms with Gasteiger partial charge in [-0.25, -0.2) is 4.79 Å². The Labute approximate surface area is 119 Å². The maximum atomic E-state index is 12.4. The normalized spacial score (nSPS) is 38.2. The van der Waals surface area contributed by atoms with Gasteiger partial charge < -0.3 is 15.3 Å². The Hall–Kier alpha value is -1.26. The van der Waals surface area contributed by atoms with Crippen LogP contribution in [0.15, 0.2) is 0 Å². The van der Waals surface area contributed by atoms with Gasteiger partial charge in [0.25, 0.3) is 0 Å². The lowest BCUT2D eigenvalue weighted by atomic mass is 9.84. The summed E-state index contributed by atoms with van der Waals surface area (Å²) in [4.78, 5) is 25.6. The third kappa shape index (κ3) is 2.27. The molecule has 2 N–H and O–H groups in total. The van der Waals surface area contributed by atoms with Gasteiger partial charge in [0.05, 0.1) is 5.92 Å². The zero-order valence-corrected chi connectivity index (χ0v) is 12.3. The summed E-state index contributed by atoms with van der Waals surface area (Å²) in [5, 5.41) is 12.4. The van der Waals surface area contributed by atoms with Crippen molar-refractivity contribution in [1.82, 2.24) is 10.2 Å². The largest absolute Gasteiger partial charge is 0.481 e. The summed E-state index contributed by atoms with van der Waals surface area (Å²) in [6.07, 6.45) is 4.04. The van der Waals surface area contributed by atoms with Crippen LogP contribution in [0.1, 0.15) is 39.5 Å². The number of nitrogens with zero attached hydrogens (tertiary/aromatic N) is 1. The molecule has 0 spiro atoms. The average molecular weight is 280 g/mol. The van der Waals surface area contributed by atoms with Crippen LogP contribution in [0.25, 0.3) is 0 Å². The number of fused-ring (bicyclic) bond motifs is 2. The summed E-state index contributed by atoms with van der Waals surface area (Å²) in [6, 6.07) is -0.234. The number of carboxylic acids is 1. The van der Waals surface area contributed by atoms with Crippen molar-refractivity contribution in [2.45, 2.75) is 45.6 Å². The van der Waals surface area contributed by atoms with Crippen LogP contribution >= 0.6 is 0 Å². The molecule has 3 fully saturated rings. The smallest absolute Gasteiger partial charge is 0.317 e. The predicted molar refractivity (Wildman–Crippen MR) is 74.2 cm³/mol. The summed E-state index contributed by atoms with van der Waals surface area (Å²) in [5.74, 6) is -0.504. The third-order valence-electron chi connectivity index (χ3n) is 5.46. The summed E-state index contributed by atoms with van der Waals surface area (Å²) in [5.41, 5.74) is 0.179. The van der Waals surface area contributed by atoms with E-state index in [9.17, 15) is 14.7 Å². The van der Waals surface area contributed by atoms with Gasteiger partial charge in [0.2, 0.25) is 0 Å². The van der Waals surface area contributed by atoms with Crippen molar-refractivity contribution < 1.29 is 14.7 Å². The van der Waals surface area contributed by atoms with Crippen molar-refractivity contribution in [2.24, 2.45) is 23.2 Å². The third-order valence-corrected chi connectivity index (χ3v) is 5.46. The molecule has 5 heteroatoms. The van der Waals surface area contributed by atoms with Gasteiger partial charge in [-0.15, -0.1) is 0 Å². The summed E-state index contributed by atoms with van der Waals surface area (Å²) >= 11 is 0. The molecule has 2 amide bonds. The Morgan fingerprint density at radius 2 is 1.95 bits per heavy atom. The quantitative estimate of drug-likeness (QED) is 0.812. The van der Waals surface area contributed by atoms with E-state index in [2.05, 4.69) is 19.2 Å². The number of carboxylic acid groups (broad SMARTS) is 1. The zero-order chi connectivity index (χ0) is 14.5. The van der Waals surface area contributed by atoms with Crippen LogP contribution < -0.4 is 5.32 Å². The molecule has 1 saturated heterocycles. The zero-order valence-electron chi connectivity index (χ0n) is 12.3.